The molecule has 1 saturated heterocycles. The number of hydrogen-bond acceptors (Lipinski definition) is 3. The molecule has 0 aromatic heterocycles. The molecule has 0 amide bonds. The van der Waals surface area contributed by atoms with Crippen molar-refractivity contribution >= 4 is 0 Å². The summed E-state index contributed by atoms with van der Waals surface area (Å²) in [4.78, 5) is 2.57. The van der Waals surface area contributed by atoms with Crippen LogP contribution in [0.1, 0.15) is 51.6 Å². The number of rotatable bonds is 6. The van der Waals surface area contributed by atoms with Gasteiger partial charge >= 0.3 is 0 Å². The number of nitrogens with two attached hydrogens (primary N) is 1. The van der Waals surface area contributed by atoms with Gasteiger partial charge in [0.05, 0.1) is 6.61 Å². The second-order valence-corrected chi connectivity index (χ2v) is 6.39. The van der Waals surface area contributed by atoms with Gasteiger partial charge in [-0.05, 0) is 56.3 Å². The first kappa shape index (κ1) is 16.3. The molecule has 21 heavy (non-hydrogen) atoms. The van der Waals surface area contributed by atoms with Gasteiger partial charge in [-0.15, -0.1) is 0 Å². The third-order valence-corrected chi connectivity index (χ3v) is 4.53. The van der Waals surface area contributed by atoms with E-state index >= 15 is 0 Å². The summed E-state index contributed by atoms with van der Waals surface area (Å²) in [5.74, 6) is 1.79. The quantitative estimate of drug-likeness (QED) is 0.870. The van der Waals surface area contributed by atoms with E-state index in [-0.39, 0.29) is 0 Å². The number of benzene rings is 1. The van der Waals surface area contributed by atoms with Gasteiger partial charge in [-0.1, -0.05) is 26.0 Å². The Morgan fingerprint density at radius 2 is 2.19 bits per heavy atom. The fraction of sp³-hybridized carbons (Fsp3) is 0.667. The van der Waals surface area contributed by atoms with Gasteiger partial charge in [-0.3, -0.25) is 4.90 Å². The molecule has 1 aromatic carbocycles. The Hall–Kier alpha value is -1.06. The monoisotopic (exact) mass is 290 g/mol. The second-order valence-electron chi connectivity index (χ2n) is 6.39. The van der Waals surface area contributed by atoms with Crippen LogP contribution in [0.15, 0.2) is 24.3 Å². The summed E-state index contributed by atoms with van der Waals surface area (Å²) >= 11 is 0. The van der Waals surface area contributed by atoms with Crippen molar-refractivity contribution in [2.24, 2.45) is 11.7 Å². The van der Waals surface area contributed by atoms with Gasteiger partial charge in [-0.25, -0.2) is 0 Å². The lowest BCUT2D eigenvalue weighted by Gasteiger charge is -2.41. The normalized spacial score (nSPS) is 24.8. The molecule has 3 atom stereocenters. The first-order chi connectivity index (χ1) is 10.2. The van der Waals surface area contributed by atoms with Crippen molar-refractivity contribution in [1.82, 2.24) is 4.90 Å². The second kappa shape index (κ2) is 7.81. The Morgan fingerprint density at radius 3 is 2.86 bits per heavy atom. The molecule has 1 aliphatic heterocycles. The molecule has 3 heteroatoms. The molecule has 1 aromatic rings. The summed E-state index contributed by atoms with van der Waals surface area (Å²) in [5.41, 5.74) is 7.38. The van der Waals surface area contributed by atoms with Gasteiger partial charge < -0.3 is 10.5 Å². The fourth-order valence-electron chi connectivity index (χ4n) is 3.38. The molecule has 0 spiro atoms. The predicted octanol–water partition coefficient (Wildman–Crippen LogP) is 3.60. The molecule has 2 N–H and O–H groups in total. The van der Waals surface area contributed by atoms with Crippen LogP contribution in [0.3, 0.4) is 0 Å². The Labute approximate surface area is 129 Å². The van der Waals surface area contributed by atoms with E-state index in [0.29, 0.717) is 18.6 Å². The number of nitrogens with zero attached hydrogens (tertiary/aromatic N) is 1. The highest BCUT2D eigenvalue weighted by Gasteiger charge is 2.29. The number of hydrogen-bond donors (Lipinski definition) is 1. The third-order valence-electron chi connectivity index (χ3n) is 4.53. The van der Waals surface area contributed by atoms with E-state index in [0.717, 1.165) is 31.2 Å². The molecular formula is C18H30N2O. The molecule has 1 aliphatic rings. The van der Waals surface area contributed by atoms with Crippen molar-refractivity contribution in [3.8, 4) is 5.75 Å². The Kier molecular flexibility index (Phi) is 6.07. The lowest BCUT2D eigenvalue weighted by molar-refractivity contribution is 0.0846. The van der Waals surface area contributed by atoms with Crippen molar-refractivity contribution in [2.45, 2.75) is 52.1 Å². The highest BCUT2D eigenvalue weighted by Crippen LogP contribution is 2.31. The van der Waals surface area contributed by atoms with Crippen LogP contribution in [0.5, 0.6) is 5.75 Å². The lowest BCUT2D eigenvalue weighted by atomic mass is 9.90. The van der Waals surface area contributed by atoms with Crippen LogP contribution >= 0.6 is 0 Å². The maximum atomic E-state index is 6.10. The average molecular weight is 290 g/mol. The Balaban J connectivity index is 2.13. The van der Waals surface area contributed by atoms with Crippen molar-refractivity contribution < 1.29 is 4.74 Å². The number of likely N-dealkylation sites (tertiary alicyclic amines) is 1. The number of ether oxygens (including phenoxy) is 1. The largest absolute Gasteiger partial charge is 0.494 e. The summed E-state index contributed by atoms with van der Waals surface area (Å²) in [6.45, 7) is 9.39. The highest BCUT2D eigenvalue weighted by molar-refractivity contribution is 5.31. The molecular weight excluding hydrogens is 260 g/mol. The zero-order chi connectivity index (χ0) is 15.2. The summed E-state index contributed by atoms with van der Waals surface area (Å²) in [7, 11) is 0. The summed E-state index contributed by atoms with van der Waals surface area (Å²) in [6.07, 6.45) is 3.57. The lowest BCUT2D eigenvalue weighted by Crippen LogP contribution is -2.44. The Bertz CT molecular complexity index is 435. The van der Waals surface area contributed by atoms with E-state index < -0.39 is 0 Å². The molecule has 3 unspecified atom stereocenters. The van der Waals surface area contributed by atoms with Gasteiger partial charge in [0.1, 0.15) is 5.75 Å². The van der Waals surface area contributed by atoms with Crippen LogP contribution in [0, 0.1) is 5.92 Å². The van der Waals surface area contributed by atoms with E-state index in [2.05, 4.69) is 43.9 Å². The third kappa shape index (κ3) is 4.21. The summed E-state index contributed by atoms with van der Waals surface area (Å²) in [6, 6.07) is 9.37. The zero-order valence-electron chi connectivity index (χ0n) is 13.7. The minimum atomic E-state index is 0.303. The van der Waals surface area contributed by atoms with Crippen LogP contribution in [-0.4, -0.2) is 30.6 Å². The van der Waals surface area contributed by atoms with E-state index in [1.807, 2.05) is 6.07 Å². The topological polar surface area (TPSA) is 38.5 Å². The Morgan fingerprint density at radius 1 is 1.38 bits per heavy atom. The van der Waals surface area contributed by atoms with Crippen LogP contribution in [0.2, 0.25) is 0 Å². The molecule has 0 bridgehead atoms. The molecule has 118 valence electrons. The molecule has 3 nitrogen and oxygen atoms in total. The van der Waals surface area contributed by atoms with Crippen molar-refractivity contribution in [3.05, 3.63) is 29.8 Å². The number of piperidine rings is 1. The van der Waals surface area contributed by atoms with Crippen LogP contribution in [0.25, 0.3) is 0 Å². The molecule has 2 rings (SSSR count). The van der Waals surface area contributed by atoms with Gasteiger partial charge in [-0.2, -0.15) is 0 Å². The minimum absolute atomic E-state index is 0.303. The van der Waals surface area contributed by atoms with Crippen molar-refractivity contribution in [2.75, 3.05) is 19.7 Å². The van der Waals surface area contributed by atoms with Crippen LogP contribution in [0.4, 0.5) is 0 Å². The standard InChI is InChI=1S/C18H30N2O/c1-4-10-21-17-7-5-6-16(12-17)18(13-19)20-9-8-14(2)11-15(20)3/h5-7,12,14-15,18H,4,8-11,13,19H2,1-3H3. The molecule has 0 aliphatic carbocycles. The van der Waals surface area contributed by atoms with Crippen molar-refractivity contribution in [1.29, 1.82) is 0 Å². The summed E-state index contributed by atoms with van der Waals surface area (Å²) in [5, 5.41) is 0. The average Bonchev–Trinajstić information content (AvgIpc) is 2.48. The highest BCUT2D eigenvalue weighted by atomic mass is 16.5. The zero-order valence-corrected chi connectivity index (χ0v) is 13.7. The fourth-order valence-corrected chi connectivity index (χ4v) is 3.38. The van der Waals surface area contributed by atoms with Gasteiger partial charge in [0, 0.05) is 18.6 Å². The minimum Gasteiger partial charge on any atom is -0.494 e. The molecule has 0 saturated carbocycles. The van der Waals surface area contributed by atoms with E-state index in [9.17, 15) is 0 Å². The maximum Gasteiger partial charge on any atom is 0.119 e. The van der Waals surface area contributed by atoms with Crippen LogP contribution < -0.4 is 10.5 Å². The molecule has 1 fully saturated rings. The first-order valence-corrected chi connectivity index (χ1v) is 8.34. The van der Waals surface area contributed by atoms with E-state index in [4.69, 9.17) is 10.5 Å². The molecule has 1 heterocycles. The SMILES string of the molecule is CCCOc1cccc(C(CN)N2CCC(C)CC2C)c1. The van der Waals surface area contributed by atoms with Crippen molar-refractivity contribution in [3.63, 3.8) is 0 Å². The van der Waals surface area contributed by atoms with Gasteiger partial charge in [0.15, 0.2) is 0 Å². The van der Waals surface area contributed by atoms with Gasteiger partial charge in [0.2, 0.25) is 0 Å². The van der Waals surface area contributed by atoms with Crippen LogP contribution in [-0.2, 0) is 0 Å². The summed E-state index contributed by atoms with van der Waals surface area (Å²) < 4.78 is 5.76. The maximum absolute atomic E-state index is 6.10. The first-order valence-electron chi connectivity index (χ1n) is 8.34. The smallest absolute Gasteiger partial charge is 0.119 e. The predicted molar refractivity (Wildman–Crippen MR) is 88.6 cm³/mol. The van der Waals surface area contributed by atoms with Gasteiger partial charge in [0.25, 0.3) is 0 Å². The molecule has 0 radical (unpaired) electrons. The van der Waals surface area contributed by atoms with E-state index in [1.165, 1.54) is 18.4 Å². The van der Waals surface area contributed by atoms with E-state index in [1.54, 1.807) is 0 Å².